The summed E-state index contributed by atoms with van der Waals surface area (Å²) < 4.78 is 5.19. The molecule has 1 saturated carbocycles. The summed E-state index contributed by atoms with van der Waals surface area (Å²) in [6.07, 6.45) is 4.44. The molecule has 1 aliphatic rings. The molecular weight excluding hydrogens is 430 g/mol. The third-order valence-corrected chi connectivity index (χ3v) is 7.36. The van der Waals surface area contributed by atoms with E-state index in [4.69, 9.17) is 10.5 Å². The van der Waals surface area contributed by atoms with E-state index in [0.29, 0.717) is 12.1 Å². The number of methoxy groups -OCH3 is 1. The normalized spacial score (nSPS) is 13.2. The Labute approximate surface area is 197 Å². The van der Waals surface area contributed by atoms with Crippen molar-refractivity contribution in [3.63, 3.8) is 0 Å². The highest BCUT2D eigenvalue weighted by Gasteiger charge is 2.21. The zero-order chi connectivity index (χ0) is 22.8. The van der Waals surface area contributed by atoms with Crippen molar-refractivity contribution in [3.05, 3.63) is 78.0 Å². The van der Waals surface area contributed by atoms with Gasteiger partial charge in [0.1, 0.15) is 5.75 Å². The molecule has 4 aromatic rings. The second kappa shape index (κ2) is 9.24. The number of nitrogen functional groups attached to an aromatic ring is 1. The van der Waals surface area contributed by atoms with Crippen LogP contribution < -0.4 is 15.8 Å². The number of aromatic amines is 1. The van der Waals surface area contributed by atoms with Crippen LogP contribution in [0.25, 0.3) is 22.0 Å². The number of ether oxygens (including phenoxy) is 1. The molecule has 0 aliphatic heterocycles. The first-order valence-electron chi connectivity index (χ1n) is 11.2. The van der Waals surface area contributed by atoms with Gasteiger partial charge in [0.05, 0.1) is 12.7 Å². The SMILES string of the molecule is COc1ccc(CNC(=O)c2c[nH]c3ccc(-c4ccc(N)c(SCC5CC5)c4)cc23)cc1. The van der Waals surface area contributed by atoms with Gasteiger partial charge in [-0.25, -0.2) is 0 Å². The molecule has 1 fully saturated rings. The van der Waals surface area contributed by atoms with Crippen LogP contribution in [0.3, 0.4) is 0 Å². The Morgan fingerprint density at radius 2 is 1.85 bits per heavy atom. The number of hydrogen-bond donors (Lipinski definition) is 3. The third kappa shape index (κ3) is 4.86. The van der Waals surface area contributed by atoms with Crippen molar-refractivity contribution in [1.29, 1.82) is 0 Å². The lowest BCUT2D eigenvalue weighted by Gasteiger charge is -2.09. The fourth-order valence-electron chi connectivity index (χ4n) is 3.84. The first-order chi connectivity index (χ1) is 16.1. The molecule has 168 valence electrons. The Bertz CT molecular complexity index is 1290. The van der Waals surface area contributed by atoms with Gasteiger partial charge >= 0.3 is 0 Å². The van der Waals surface area contributed by atoms with E-state index in [1.54, 1.807) is 13.3 Å². The van der Waals surface area contributed by atoms with Crippen molar-refractivity contribution in [1.82, 2.24) is 10.3 Å². The van der Waals surface area contributed by atoms with Gasteiger partial charge in [-0.05, 0) is 71.8 Å². The molecule has 0 unspecified atom stereocenters. The Morgan fingerprint density at radius 1 is 1.09 bits per heavy atom. The molecule has 5 nitrogen and oxygen atoms in total. The first kappa shape index (κ1) is 21.5. The number of thioether (sulfide) groups is 1. The molecule has 1 heterocycles. The number of hydrogen-bond acceptors (Lipinski definition) is 4. The molecule has 5 rings (SSSR count). The molecule has 6 heteroatoms. The minimum Gasteiger partial charge on any atom is -0.497 e. The maximum absolute atomic E-state index is 12.9. The summed E-state index contributed by atoms with van der Waals surface area (Å²) in [7, 11) is 1.64. The number of carbonyl (C=O) groups excluding carboxylic acids is 1. The molecule has 4 N–H and O–H groups in total. The summed E-state index contributed by atoms with van der Waals surface area (Å²) in [5.74, 6) is 2.66. The van der Waals surface area contributed by atoms with E-state index in [1.165, 1.54) is 12.8 Å². The highest BCUT2D eigenvalue weighted by Crippen LogP contribution is 2.38. The van der Waals surface area contributed by atoms with E-state index in [-0.39, 0.29) is 5.91 Å². The predicted octanol–water partition coefficient (Wildman–Crippen LogP) is 5.86. The smallest absolute Gasteiger partial charge is 0.253 e. The van der Waals surface area contributed by atoms with Crippen LogP contribution in [0.5, 0.6) is 5.75 Å². The number of H-pyrrole nitrogens is 1. The van der Waals surface area contributed by atoms with E-state index in [2.05, 4.69) is 28.5 Å². The van der Waals surface area contributed by atoms with Gasteiger partial charge in [0.15, 0.2) is 0 Å². The van der Waals surface area contributed by atoms with Gasteiger partial charge in [0.2, 0.25) is 0 Å². The fraction of sp³-hybridized carbons (Fsp3) is 0.222. The van der Waals surface area contributed by atoms with E-state index in [0.717, 1.165) is 55.6 Å². The van der Waals surface area contributed by atoms with Crippen LogP contribution in [0, 0.1) is 5.92 Å². The van der Waals surface area contributed by atoms with Gasteiger partial charge < -0.3 is 20.8 Å². The van der Waals surface area contributed by atoms with Crippen molar-refractivity contribution in [2.24, 2.45) is 5.92 Å². The molecule has 0 radical (unpaired) electrons. The van der Waals surface area contributed by atoms with Crippen molar-refractivity contribution in [2.45, 2.75) is 24.3 Å². The summed E-state index contributed by atoms with van der Waals surface area (Å²) >= 11 is 1.84. The molecule has 3 aromatic carbocycles. The number of fused-ring (bicyclic) bond motifs is 1. The Kier molecular flexibility index (Phi) is 6.01. The number of anilines is 1. The first-order valence-corrected chi connectivity index (χ1v) is 12.1. The highest BCUT2D eigenvalue weighted by molar-refractivity contribution is 7.99. The molecule has 0 saturated heterocycles. The summed E-state index contributed by atoms with van der Waals surface area (Å²) in [4.78, 5) is 17.3. The average Bonchev–Trinajstić information content (AvgIpc) is 3.58. The standard InChI is InChI=1S/C27H27N3O2S/c1-32-21-8-4-17(5-9-21)14-30-27(31)23-15-29-25-11-7-19(12-22(23)25)20-6-10-24(28)26(13-20)33-16-18-2-3-18/h4-13,15,18,29H,2-3,14,16,28H2,1H3,(H,30,31). The molecule has 0 bridgehead atoms. The van der Waals surface area contributed by atoms with Gasteiger partial charge in [-0.1, -0.05) is 24.3 Å². The van der Waals surface area contributed by atoms with Crippen molar-refractivity contribution >= 4 is 34.3 Å². The van der Waals surface area contributed by atoms with Gasteiger partial charge in [-0.2, -0.15) is 0 Å². The number of aromatic nitrogens is 1. The largest absolute Gasteiger partial charge is 0.497 e. The van der Waals surface area contributed by atoms with Crippen LogP contribution in [0.15, 0.2) is 71.8 Å². The molecule has 1 aromatic heterocycles. The Morgan fingerprint density at radius 3 is 2.61 bits per heavy atom. The monoisotopic (exact) mass is 457 g/mol. The lowest BCUT2D eigenvalue weighted by Crippen LogP contribution is -2.22. The van der Waals surface area contributed by atoms with Crippen LogP contribution in [0.2, 0.25) is 0 Å². The number of nitrogens with one attached hydrogen (secondary N) is 2. The van der Waals surface area contributed by atoms with Crippen LogP contribution in [0.4, 0.5) is 5.69 Å². The maximum Gasteiger partial charge on any atom is 0.253 e. The fourth-order valence-corrected chi connectivity index (χ4v) is 5.03. The molecular formula is C27H27N3O2S. The van der Waals surface area contributed by atoms with E-state index < -0.39 is 0 Å². The van der Waals surface area contributed by atoms with Crippen molar-refractivity contribution < 1.29 is 9.53 Å². The quantitative estimate of drug-likeness (QED) is 0.229. The minimum absolute atomic E-state index is 0.104. The second-order valence-electron chi connectivity index (χ2n) is 8.50. The van der Waals surface area contributed by atoms with Gasteiger partial charge in [0.25, 0.3) is 5.91 Å². The number of rotatable bonds is 8. The number of carbonyl (C=O) groups is 1. The summed E-state index contributed by atoms with van der Waals surface area (Å²) in [6.45, 7) is 0.453. The van der Waals surface area contributed by atoms with Crippen LogP contribution in [-0.4, -0.2) is 23.8 Å². The maximum atomic E-state index is 12.9. The predicted molar refractivity (Wildman–Crippen MR) is 136 cm³/mol. The van der Waals surface area contributed by atoms with Gasteiger partial charge in [0, 0.05) is 40.0 Å². The number of amides is 1. The van der Waals surface area contributed by atoms with Crippen LogP contribution in [0.1, 0.15) is 28.8 Å². The zero-order valence-electron chi connectivity index (χ0n) is 18.6. The second-order valence-corrected chi connectivity index (χ2v) is 9.56. The topological polar surface area (TPSA) is 80.1 Å². The van der Waals surface area contributed by atoms with E-state index >= 15 is 0 Å². The average molecular weight is 458 g/mol. The summed E-state index contributed by atoms with van der Waals surface area (Å²) in [5.41, 5.74) is 11.8. The number of benzene rings is 3. The zero-order valence-corrected chi connectivity index (χ0v) is 19.4. The molecule has 33 heavy (non-hydrogen) atoms. The lowest BCUT2D eigenvalue weighted by atomic mass is 10.0. The van der Waals surface area contributed by atoms with E-state index in [1.807, 2.05) is 54.2 Å². The minimum atomic E-state index is -0.104. The van der Waals surface area contributed by atoms with Crippen LogP contribution in [-0.2, 0) is 6.54 Å². The van der Waals surface area contributed by atoms with Crippen molar-refractivity contribution in [3.8, 4) is 16.9 Å². The van der Waals surface area contributed by atoms with Crippen LogP contribution >= 0.6 is 11.8 Å². The summed E-state index contributed by atoms with van der Waals surface area (Å²) in [5, 5.41) is 3.93. The number of nitrogens with two attached hydrogens (primary N) is 1. The van der Waals surface area contributed by atoms with Gasteiger partial charge in [-0.15, -0.1) is 11.8 Å². The molecule has 1 amide bonds. The molecule has 0 spiro atoms. The molecule has 0 atom stereocenters. The summed E-state index contributed by atoms with van der Waals surface area (Å²) in [6, 6.07) is 20.1. The Hall–Kier alpha value is -3.38. The molecule has 1 aliphatic carbocycles. The Balaban J connectivity index is 1.36. The lowest BCUT2D eigenvalue weighted by molar-refractivity contribution is 0.0952. The third-order valence-electron chi connectivity index (χ3n) is 6.06. The van der Waals surface area contributed by atoms with Gasteiger partial charge in [-0.3, -0.25) is 4.79 Å². The highest BCUT2D eigenvalue weighted by atomic mass is 32.2. The van der Waals surface area contributed by atoms with Crippen molar-refractivity contribution in [2.75, 3.05) is 18.6 Å². The van der Waals surface area contributed by atoms with E-state index in [9.17, 15) is 4.79 Å².